The van der Waals surface area contributed by atoms with Gasteiger partial charge in [-0.25, -0.2) is 0 Å². The summed E-state index contributed by atoms with van der Waals surface area (Å²) in [6, 6.07) is -0.803. The van der Waals surface area contributed by atoms with Crippen molar-refractivity contribution in [3.63, 3.8) is 0 Å². The van der Waals surface area contributed by atoms with Gasteiger partial charge in [-0.3, -0.25) is 4.79 Å². The summed E-state index contributed by atoms with van der Waals surface area (Å²) in [6.07, 6.45) is 35.0. The normalized spacial score (nSPS) is 21.6. The van der Waals surface area contributed by atoms with Crippen LogP contribution in [-0.2, 0) is 14.3 Å². The molecule has 54 heavy (non-hydrogen) atoms. The van der Waals surface area contributed by atoms with Crippen LogP contribution >= 0.6 is 0 Å². The van der Waals surface area contributed by atoms with Gasteiger partial charge in [0.15, 0.2) is 6.29 Å². The van der Waals surface area contributed by atoms with Crippen LogP contribution in [0.2, 0.25) is 0 Å². The standard InChI is InChI=1S/C45H85NO8/c1-3-5-7-9-11-13-15-17-19-20-21-23-25-27-29-31-33-35-41(49)46-38(37-53-45-44(52)43(51)42(50)40(36-47)54-45)39(48)34-32-30-28-26-24-22-18-16-14-12-10-8-6-4-2/h17,19,32,34,38-40,42-45,47-48,50-52H,3-16,18,20-31,33,35-37H2,1-2H3,(H,46,49)/b19-17+,34-32+/t38-,39+,40-,42-,43?,44?,45-/m0/s1. The number of hydrogen-bond acceptors (Lipinski definition) is 8. The molecule has 7 atom stereocenters. The number of ether oxygens (including phenoxy) is 2. The molecule has 1 aliphatic rings. The van der Waals surface area contributed by atoms with Gasteiger partial charge in [-0.1, -0.05) is 173 Å². The SMILES string of the molecule is CCCCCCCC/C=C/CCCCCCCCCC(=O)N[C@@H](CO[C@H]1O[C@@H](CO)[C@H](O)C(O)C1O)[C@H](O)/C=C/CCCCCCCCCCCCCC. The Hall–Kier alpha value is -1.33. The van der Waals surface area contributed by atoms with E-state index in [-0.39, 0.29) is 12.5 Å². The van der Waals surface area contributed by atoms with E-state index in [9.17, 15) is 30.3 Å². The highest BCUT2D eigenvalue weighted by molar-refractivity contribution is 5.76. The summed E-state index contributed by atoms with van der Waals surface area (Å²) in [4.78, 5) is 12.9. The van der Waals surface area contributed by atoms with Crippen LogP contribution in [0.4, 0.5) is 0 Å². The summed E-state index contributed by atoms with van der Waals surface area (Å²) in [7, 11) is 0. The molecule has 1 fully saturated rings. The molecule has 0 aliphatic carbocycles. The van der Waals surface area contributed by atoms with E-state index < -0.39 is 49.5 Å². The summed E-state index contributed by atoms with van der Waals surface area (Å²) in [5.74, 6) is -0.182. The average Bonchev–Trinajstić information content (AvgIpc) is 3.17. The first-order valence-electron chi connectivity index (χ1n) is 22.6. The third-order valence-corrected chi connectivity index (χ3v) is 10.8. The molecule has 318 valence electrons. The lowest BCUT2D eigenvalue weighted by Crippen LogP contribution is -2.60. The van der Waals surface area contributed by atoms with Crippen molar-refractivity contribution < 1.29 is 39.8 Å². The number of aliphatic hydroxyl groups excluding tert-OH is 5. The topological polar surface area (TPSA) is 149 Å². The Morgan fingerprint density at radius 3 is 1.50 bits per heavy atom. The van der Waals surface area contributed by atoms with Crippen LogP contribution in [0.25, 0.3) is 0 Å². The number of carbonyl (C=O) groups excluding carboxylic acids is 1. The first-order valence-corrected chi connectivity index (χ1v) is 22.6. The molecule has 0 aromatic heterocycles. The molecule has 0 aromatic rings. The van der Waals surface area contributed by atoms with Crippen molar-refractivity contribution in [3.8, 4) is 0 Å². The maximum Gasteiger partial charge on any atom is 0.220 e. The predicted octanol–water partition coefficient (Wildman–Crippen LogP) is 9.11. The van der Waals surface area contributed by atoms with Crippen LogP contribution in [0.3, 0.4) is 0 Å². The fourth-order valence-electron chi connectivity index (χ4n) is 7.09. The van der Waals surface area contributed by atoms with Gasteiger partial charge >= 0.3 is 0 Å². The smallest absolute Gasteiger partial charge is 0.220 e. The number of unbranched alkanes of at least 4 members (excludes halogenated alkanes) is 25. The van der Waals surface area contributed by atoms with Gasteiger partial charge < -0.3 is 40.3 Å². The minimum absolute atomic E-state index is 0.182. The van der Waals surface area contributed by atoms with Crippen LogP contribution in [0.1, 0.15) is 200 Å². The van der Waals surface area contributed by atoms with Gasteiger partial charge in [0, 0.05) is 6.42 Å². The summed E-state index contributed by atoms with van der Waals surface area (Å²) in [6.45, 7) is 3.76. The highest BCUT2D eigenvalue weighted by Crippen LogP contribution is 2.22. The van der Waals surface area contributed by atoms with Crippen LogP contribution in [0.15, 0.2) is 24.3 Å². The number of aliphatic hydroxyl groups is 5. The van der Waals surface area contributed by atoms with Crippen molar-refractivity contribution in [2.24, 2.45) is 0 Å². The van der Waals surface area contributed by atoms with E-state index in [1.807, 2.05) is 6.08 Å². The third-order valence-electron chi connectivity index (χ3n) is 10.8. The maximum atomic E-state index is 12.9. The zero-order valence-corrected chi connectivity index (χ0v) is 34.7. The van der Waals surface area contributed by atoms with Crippen LogP contribution in [-0.4, -0.2) is 87.5 Å². The van der Waals surface area contributed by atoms with Crippen LogP contribution in [0.5, 0.6) is 0 Å². The van der Waals surface area contributed by atoms with E-state index in [1.54, 1.807) is 6.08 Å². The number of nitrogens with one attached hydrogen (secondary N) is 1. The fraction of sp³-hybridized carbons (Fsp3) is 0.889. The minimum atomic E-state index is -1.56. The molecule has 1 aliphatic heterocycles. The Labute approximate surface area is 330 Å². The second kappa shape index (κ2) is 36.0. The predicted molar refractivity (Wildman–Crippen MR) is 221 cm³/mol. The van der Waals surface area contributed by atoms with E-state index in [2.05, 4.69) is 31.3 Å². The van der Waals surface area contributed by atoms with Crippen molar-refractivity contribution >= 4 is 5.91 Å². The molecule has 0 bridgehead atoms. The molecule has 0 radical (unpaired) electrons. The van der Waals surface area contributed by atoms with E-state index >= 15 is 0 Å². The molecule has 6 N–H and O–H groups in total. The van der Waals surface area contributed by atoms with Gasteiger partial charge in [0.2, 0.25) is 5.91 Å². The molecule has 1 saturated heterocycles. The molecule has 0 aromatic carbocycles. The first kappa shape index (κ1) is 50.7. The molecule has 1 heterocycles. The van der Waals surface area contributed by atoms with Gasteiger partial charge in [0.05, 0.1) is 25.4 Å². The van der Waals surface area contributed by atoms with Crippen LogP contribution < -0.4 is 5.32 Å². The Morgan fingerprint density at radius 2 is 1.04 bits per heavy atom. The molecular weight excluding hydrogens is 682 g/mol. The highest BCUT2D eigenvalue weighted by Gasteiger charge is 2.44. The Balaban J connectivity index is 2.37. The Bertz CT molecular complexity index is 899. The molecule has 9 nitrogen and oxygen atoms in total. The summed E-state index contributed by atoms with van der Waals surface area (Å²) in [5, 5.41) is 54.1. The molecule has 2 unspecified atom stereocenters. The lowest BCUT2D eigenvalue weighted by Gasteiger charge is -2.40. The largest absolute Gasteiger partial charge is 0.394 e. The zero-order valence-electron chi connectivity index (χ0n) is 34.7. The molecular formula is C45H85NO8. The Kier molecular flexibility index (Phi) is 33.8. The van der Waals surface area contributed by atoms with Crippen molar-refractivity contribution in [1.29, 1.82) is 0 Å². The number of hydrogen-bond donors (Lipinski definition) is 6. The quantitative estimate of drug-likeness (QED) is 0.0271. The number of carbonyl (C=O) groups is 1. The van der Waals surface area contributed by atoms with E-state index in [0.29, 0.717) is 6.42 Å². The number of rotatable bonds is 37. The molecule has 1 amide bonds. The number of allylic oxidation sites excluding steroid dienone is 3. The van der Waals surface area contributed by atoms with Crippen molar-refractivity contribution in [2.75, 3.05) is 13.2 Å². The first-order chi connectivity index (χ1) is 26.3. The molecule has 0 saturated carbocycles. The van der Waals surface area contributed by atoms with Crippen LogP contribution in [0, 0.1) is 0 Å². The van der Waals surface area contributed by atoms with Crippen molar-refractivity contribution in [3.05, 3.63) is 24.3 Å². The molecule has 9 heteroatoms. The second-order valence-electron chi connectivity index (χ2n) is 15.8. The van der Waals surface area contributed by atoms with Gasteiger partial charge in [-0.05, 0) is 44.9 Å². The van der Waals surface area contributed by atoms with E-state index in [0.717, 1.165) is 44.9 Å². The molecule has 0 spiro atoms. The zero-order chi connectivity index (χ0) is 39.5. The van der Waals surface area contributed by atoms with E-state index in [1.165, 1.54) is 135 Å². The maximum absolute atomic E-state index is 12.9. The van der Waals surface area contributed by atoms with E-state index in [4.69, 9.17) is 9.47 Å². The minimum Gasteiger partial charge on any atom is -0.394 e. The number of amides is 1. The lowest BCUT2D eigenvalue weighted by molar-refractivity contribution is -0.302. The Morgan fingerprint density at radius 1 is 0.611 bits per heavy atom. The van der Waals surface area contributed by atoms with Gasteiger partial charge in [-0.2, -0.15) is 0 Å². The lowest BCUT2D eigenvalue weighted by atomic mass is 9.99. The summed E-state index contributed by atoms with van der Waals surface area (Å²) >= 11 is 0. The monoisotopic (exact) mass is 768 g/mol. The fourth-order valence-corrected chi connectivity index (χ4v) is 7.09. The average molecular weight is 768 g/mol. The third kappa shape index (κ3) is 26.5. The van der Waals surface area contributed by atoms with Crippen molar-refractivity contribution in [1.82, 2.24) is 5.32 Å². The summed E-state index contributed by atoms with van der Waals surface area (Å²) < 4.78 is 11.2. The van der Waals surface area contributed by atoms with Gasteiger partial charge in [-0.15, -0.1) is 0 Å². The molecule has 1 rings (SSSR count). The van der Waals surface area contributed by atoms with Gasteiger partial charge in [0.25, 0.3) is 0 Å². The van der Waals surface area contributed by atoms with Gasteiger partial charge in [0.1, 0.15) is 24.4 Å². The highest BCUT2D eigenvalue weighted by atomic mass is 16.7. The summed E-state index contributed by atoms with van der Waals surface area (Å²) in [5.41, 5.74) is 0. The second-order valence-corrected chi connectivity index (χ2v) is 15.8. The van der Waals surface area contributed by atoms with Crippen molar-refractivity contribution in [2.45, 2.75) is 243 Å².